The summed E-state index contributed by atoms with van der Waals surface area (Å²) in [6.07, 6.45) is 3.37. The van der Waals surface area contributed by atoms with E-state index in [1.807, 2.05) is 0 Å². The first kappa shape index (κ1) is 15.2. The molecule has 1 aromatic carbocycles. The Hall–Kier alpha value is -2.24. The topological polar surface area (TPSA) is 107 Å². The standard InChI is InChI=1S/C15H21N3O3/c1-9(14(19)18-11-4-2-3-5-11)21-15(20)12-7-6-10(16)8-13(12)17/h6-9,11H,2-5,16-17H2,1H3,(H,18,19). The quantitative estimate of drug-likeness (QED) is 0.575. The number of benzene rings is 1. The van der Waals surface area contributed by atoms with Gasteiger partial charge in [0.15, 0.2) is 6.10 Å². The van der Waals surface area contributed by atoms with E-state index >= 15 is 0 Å². The van der Waals surface area contributed by atoms with Crippen molar-refractivity contribution < 1.29 is 14.3 Å². The van der Waals surface area contributed by atoms with E-state index in [2.05, 4.69) is 5.32 Å². The number of nitrogens with one attached hydrogen (secondary N) is 1. The van der Waals surface area contributed by atoms with Crippen molar-refractivity contribution in [3.8, 4) is 0 Å². The number of nitrogen functional groups attached to an aromatic ring is 2. The van der Waals surface area contributed by atoms with Gasteiger partial charge in [0.1, 0.15) is 0 Å². The Balaban J connectivity index is 1.93. The Labute approximate surface area is 123 Å². The van der Waals surface area contributed by atoms with Crippen molar-refractivity contribution in [1.82, 2.24) is 5.32 Å². The first-order valence-corrected chi connectivity index (χ1v) is 7.13. The Bertz CT molecular complexity index is 539. The molecule has 0 saturated heterocycles. The first-order chi connectivity index (χ1) is 9.97. The summed E-state index contributed by atoms with van der Waals surface area (Å²) in [5.74, 6) is -0.897. The number of nitrogens with two attached hydrogens (primary N) is 2. The monoisotopic (exact) mass is 291 g/mol. The summed E-state index contributed by atoms with van der Waals surface area (Å²) in [7, 11) is 0. The summed E-state index contributed by atoms with van der Waals surface area (Å²) in [5, 5.41) is 2.89. The van der Waals surface area contributed by atoms with Crippen LogP contribution in [0.15, 0.2) is 18.2 Å². The molecule has 0 radical (unpaired) electrons. The number of amides is 1. The molecule has 21 heavy (non-hydrogen) atoms. The SMILES string of the molecule is CC(OC(=O)c1ccc(N)cc1N)C(=O)NC1CCCC1. The van der Waals surface area contributed by atoms with Gasteiger partial charge in [-0.15, -0.1) is 0 Å². The van der Waals surface area contributed by atoms with E-state index < -0.39 is 12.1 Å². The number of ether oxygens (including phenoxy) is 1. The van der Waals surface area contributed by atoms with Crippen LogP contribution < -0.4 is 16.8 Å². The third kappa shape index (κ3) is 3.87. The molecule has 0 bridgehead atoms. The normalized spacial score (nSPS) is 16.4. The Morgan fingerprint density at radius 1 is 1.29 bits per heavy atom. The second-order valence-electron chi connectivity index (χ2n) is 5.38. The van der Waals surface area contributed by atoms with Crippen LogP contribution in [0.25, 0.3) is 0 Å². The van der Waals surface area contributed by atoms with Crippen LogP contribution in [-0.4, -0.2) is 24.0 Å². The maximum atomic E-state index is 12.0. The smallest absolute Gasteiger partial charge is 0.341 e. The molecular formula is C15H21N3O3. The number of esters is 1. The third-order valence-corrected chi connectivity index (χ3v) is 3.65. The average molecular weight is 291 g/mol. The summed E-state index contributed by atoms with van der Waals surface area (Å²) in [6, 6.07) is 4.74. The van der Waals surface area contributed by atoms with Crippen molar-refractivity contribution in [3.05, 3.63) is 23.8 Å². The molecule has 1 fully saturated rings. The zero-order chi connectivity index (χ0) is 15.4. The van der Waals surface area contributed by atoms with Gasteiger partial charge in [0.25, 0.3) is 5.91 Å². The summed E-state index contributed by atoms with van der Waals surface area (Å²) >= 11 is 0. The van der Waals surface area contributed by atoms with Crippen LogP contribution >= 0.6 is 0 Å². The molecule has 0 aromatic heterocycles. The van der Waals surface area contributed by atoms with Gasteiger partial charge in [-0.25, -0.2) is 4.79 Å². The Morgan fingerprint density at radius 2 is 1.95 bits per heavy atom. The number of anilines is 2. The van der Waals surface area contributed by atoms with Crippen molar-refractivity contribution >= 4 is 23.3 Å². The molecule has 1 aromatic rings. The number of hydrogen-bond acceptors (Lipinski definition) is 5. The fourth-order valence-electron chi connectivity index (χ4n) is 2.43. The molecule has 1 saturated carbocycles. The minimum atomic E-state index is -0.852. The molecule has 2 rings (SSSR count). The van der Waals surface area contributed by atoms with E-state index in [4.69, 9.17) is 16.2 Å². The second kappa shape index (κ2) is 6.47. The van der Waals surface area contributed by atoms with E-state index in [0.29, 0.717) is 5.69 Å². The minimum Gasteiger partial charge on any atom is -0.449 e. The largest absolute Gasteiger partial charge is 0.449 e. The van der Waals surface area contributed by atoms with Gasteiger partial charge >= 0.3 is 5.97 Å². The molecule has 1 aliphatic rings. The van der Waals surface area contributed by atoms with Gasteiger partial charge in [-0.2, -0.15) is 0 Å². The molecule has 5 N–H and O–H groups in total. The number of carbonyl (C=O) groups is 2. The predicted molar refractivity (Wildman–Crippen MR) is 80.5 cm³/mol. The molecular weight excluding hydrogens is 270 g/mol. The maximum Gasteiger partial charge on any atom is 0.341 e. The van der Waals surface area contributed by atoms with Crippen LogP contribution in [-0.2, 0) is 9.53 Å². The Kier molecular flexibility index (Phi) is 4.67. The second-order valence-corrected chi connectivity index (χ2v) is 5.38. The molecule has 0 aliphatic heterocycles. The van der Waals surface area contributed by atoms with Crippen molar-refractivity contribution in [1.29, 1.82) is 0 Å². The zero-order valence-corrected chi connectivity index (χ0v) is 12.1. The lowest BCUT2D eigenvalue weighted by molar-refractivity contribution is -0.129. The van der Waals surface area contributed by atoms with E-state index in [0.717, 1.165) is 25.7 Å². The van der Waals surface area contributed by atoms with Gasteiger partial charge in [-0.3, -0.25) is 4.79 Å². The van der Waals surface area contributed by atoms with Crippen molar-refractivity contribution in [2.45, 2.75) is 44.8 Å². The summed E-state index contributed by atoms with van der Waals surface area (Å²) in [6.45, 7) is 1.55. The number of hydrogen-bond donors (Lipinski definition) is 3. The molecule has 1 aliphatic carbocycles. The van der Waals surface area contributed by atoms with Crippen LogP contribution in [0.1, 0.15) is 43.0 Å². The lowest BCUT2D eigenvalue weighted by Crippen LogP contribution is -2.40. The number of carbonyl (C=O) groups excluding carboxylic acids is 2. The zero-order valence-electron chi connectivity index (χ0n) is 12.1. The fourth-order valence-corrected chi connectivity index (χ4v) is 2.43. The minimum absolute atomic E-state index is 0.195. The van der Waals surface area contributed by atoms with Gasteiger partial charge in [0, 0.05) is 17.4 Å². The lowest BCUT2D eigenvalue weighted by Gasteiger charge is -2.17. The Morgan fingerprint density at radius 3 is 2.57 bits per heavy atom. The highest BCUT2D eigenvalue weighted by molar-refractivity contribution is 5.97. The predicted octanol–water partition coefficient (Wildman–Crippen LogP) is 1.46. The van der Waals surface area contributed by atoms with Crippen molar-refractivity contribution in [3.63, 3.8) is 0 Å². The third-order valence-electron chi connectivity index (χ3n) is 3.65. The molecule has 1 amide bonds. The van der Waals surface area contributed by atoms with E-state index in [-0.39, 0.29) is 23.2 Å². The highest BCUT2D eigenvalue weighted by atomic mass is 16.5. The molecule has 1 atom stereocenters. The maximum absolute atomic E-state index is 12.0. The highest BCUT2D eigenvalue weighted by Crippen LogP contribution is 2.19. The highest BCUT2D eigenvalue weighted by Gasteiger charge is 2.24. The van der Waals surface area contributed by atoms with Crippen LogP contribution in [0, 0.1) is 0 Å². The summed E-state index contributed by atoms with van der Waals surface area (Å²) < 4.78 is 5.16. The van der Waals surface area contributed by atoms with Gasteiger partial charge in [-0.05, 0) is 38.0 Å². The molecule has 0 heterocycles. The molecule has 0 spiro atoms. The first-order valence-electron chi connectivity index (χ1n) is 7.13. The molecule has 6 nitrogen and oxygen atoms in total. The summed E-state index contributed by atoms with van der Waals surface area (Å²) in [5.41, 5.74) is 12.2. The average Bonchev–Trinajstić information content (AvgIpc) is 2.91. The molecule has 6 heteroatoms. The number of rotatable bonds is 4. The lowest BCUT2D eigenvalue weighted by atomic mass is 10.1. The van der Waals surface area contributed by atoms with Crippen LogP contribution in [0.5, 0.6) is 0 Å². The van der Waals surface area contributed by atoms with E-state index in [9.17, 15) is 9.59 Å². The van der Waals surface area contributed by atoms with Crippen molar-refractivity contribution in [2.75, 3.05) is 11.5 Å². The van der Waals surface area contributed by atoms with E-state index in [1.165, 1.54) is 12.1 Å². The van der Waals surface area contributed by atoms with Crippen LogP contribution in [0.2, 0.25) is 0 Å². The van der Waals surface area contributed by atoms with E-state index in [1.54, 1.807) is 13.0 Å². The molecule has 1 unspecified atom stereocenters. The van der Waals surface area contributed by atoms with Gasteiger partial charge in [0.2, 0.25) is 0 Å². The van der Waals surface area contributed by atoms with Crippen LogP contribution in [0.3, 0.4) is 0 Å². The van der Waals surface area contributed by atoms with Crippen LogP contribution in [0.4, 0.5) is 11.4 Å². The molecule has 114 valence electrons. The van der Waals surface area contributed by atoms with Gasteiger partial charge in [0.05, 0.1) is 5.56 Å². The van der Waals surface area contributed by atoms with Gasteiger partial charge in [-0.1, -0.05) is 12.8 Å². The van der Waals surface area contributed by atoms with Gasteiger partial charge < -0.3 is 21.5 Å². The van der Waals surface area contributed by atoms with Crippen molar-refractivity contribution in [2.24, 2.45) is 0 Å². The summed E-state index contributed by atoms with van der Waals surface area (Å²) in [4.78, 5) is 24.0. The fraction of sp³-hybridized carbons (Fsp3) is 0.467.